The van der Waals surface area contributed by atoms with Gasteiger partial charge in [0, 0.05) is 6.04 Å². The van der Waals surface area contributed by atoms with Crippen molar-refractivity contribution in [2.75, 3.05) is 7.11 Å². The third kappa shape index (κ3) is 4.30. The number of aliphatic imine (C=N–C) groups is 1. The van der Waals surface area contributed by atoms with Crippen LogP contribution in [-0.4, -0.2) is 29.1 Å². The first-order valence-corrected chi connectivity index (χ1v) is 10.3. The van der Waals surface area contributed by atoms with E-state index in [0.717, 1.165) is 34.2 Å². The molecule has 2 aromatic rings. The highest BCUT2D eigenvalue weighted by molar-refractivity contribution is 8.18. The van der Waals surface area contributed by atoms with Crippen LogP contribution < -0.4 is 4.74 Å². The van der Waals surface area contributed by atoms with E-state index < -0.39 is 0 Å². The first kappa shape index (κ1) is 20.2. The maximum absolute atomic E-state index is 13.1. The summed E-state index contributed by atoms with van der Waals surface area (Å²) in [5.41, 5.74) is 4.07. The quantitative estimate of drug-likeness (QED) is 0.610. The molecule has 1 aliphatic rings. The number of methoxy groups -OCH3 is 1. The van der Waals surface area contributed by atoms with Gasteiger partial charge >= 0.3 is 0 Å². The Kier molecular flexibility index (Phi) is 6.25. The van der Waals surface area contributed by atoms with Crippen molar-refractivity contribution in [2.45, 2.75) is 40.2 Å². The Balaban J connectivity index is 1.97. The van der Waals surface area contributed by atoms with Crippen molar-refractivity contribution in [3.05, 3.63) is 64.1 Å². The highest BCUT2D eigenvalue weighted by atomic mass is 32.2. The largest absolute Gasteiger partial charge is 0.496 e. The topological polar surface area (TPSA) is 41.9 Å². The minimum absolute atomic E-state index is 0.0127. The first-order valence-electron chi connectivity index (χ1n) is 9.46. The zero-order chi connectivity index (χ0) is 20.3. The number of carbonyl (C=O) groups excluding carboxylic acids is 1. The molecule has 0 radical (unpaired) electrons. The molecular weight excluding hydrogens is 368 g/mol. The molecule has 5 heteroatoms. The van der Waals surface area contributed by atoms with Crippen LogP contribution in [0.2, 0.25) is 0 Å². The normalized spacial score (nSPS) is 18.2. The molecule has 1 atom stereocenters. The summed E-state index contributed by atoms with van der Waals surface area (Å²) in [4.78, 5) is 20.4. The Hall–Kier alpha value is -2.53. The molecule has 1 aliphatic heterocycles. The van der Waals surface area contributed by atoms with Crippen molar-refractivity contribution in [1.29, 1.82) is 0 Å². The summed E-state index contributed by atoms with van der Waals surface area (Å²) in [5.74, 6) is 0.856. The number of ether oxygens (including phenoxy) is 1. The van der Waals surface area contributed by atoms with Crippen molar-refractivity contribution in [2.24, 2.45) is 4.99 Å². The zero-order valence-corrected chi connectivity index (χ0v) is 17.8. The minimum Gasteiger partial charge on any atom is -0.496 e. The van der Waals surface area contributed by atoms with E-state index >= 15 is 0 Å². The van der Waals surface area contributed by atoms with E-state index in [1.807, 2.05) is 67.3 Å². The highest BCUT2D eigenvalue weighted by Gasteiger charge is 2.36. The number of nitrogens with zero attached hydrogens (tertiary/aromatic N) is 2. The van der Waals surface area contributed by atoms with Gasteiger partial charge in [0.05, 0.1) is 17.7 Å². The smallest absolute Gasteiger partial charge is 0.266 e. The molecule has 0 unspecified atom stereocenters. The molecule has 3 rings (SSSR count). The van der Waals surface area contributed by atoms with E-state index in [4.69, 9.17) is 9.73 Å². The van der Waals surface area contributed by atoms with Gasteiger partial charge in [-0.05, 0) is 80.4 Å². The van der Waals surface area contributed by atoms with E-state index in [1.54, 1.807) is 7.11 Å². The lowest BCUT2D eigenvalue weighted by Gasteiger charge is -2.22. The molecule has 4 nitrogen and oxygen atoms in total. The summed E-state index contributed by atoms with van der Waals surface area (Å²) in [6.07, 6.45) is 2.81. The molecule has 1 fully saturated rings. The number of hydrogen-bond donors (Lipinski definition) is 0. The van der Waals surface area contributed by atoms with Crippen LogP contribution in [0, 0.1) is 13.8 Å². The van der Waals surface area contributed by atoms with E-state index in [2.05, 4.69) is 13.8 Å². The molecule has 146 valence electrons. The van der Waals surface area contributed by atoms with Gasteiger partial charge in [0.25, 0.3) is 5.91 Å². The summed E-state index contributed by atoms with van der Waals surface area (Å²) >= 11 is 1.44. The van der Waals surface area contributed by atoms with Crippen molar-refractivity contribution >= 4 is 34.6 Å². The second kappa shape index (κ2) is 8.65. The molecule has 1 saturated heterocycles. The number of amides is 1. The van der Waals surface area contributed by atoms with Gasteiger partial charge in [0.1, 0.15) is 5.75 Å². The molecule has 0 spiro atoms. The van der Waals surface area contributed by atoms with Crippen LogP contribution in [0.15, 0.2) is 52.4 Å². The summed E-state index contributed by atoms with van der Waals surface area (Å²) in [7, 11) is 1.66. The monoisotopic (exact) mass is 394 g/mol. The fourth-order valence-corrected chi connectivity index (χ4v) is 4.10. The van der Waals surface area contributed by atoms with Crippen LogP contribution in [0.3, 0.4) is 0 Å². The predicted octanol–water partition coefficient (Wildman–Crippen LogP) is 5.71. The maximum Gasteiger partial charge on any atom is 0.266 e. The SMILES string of the molecule is CC[C@@H](C)N1C(=O)/C(=C\c2ccc(OC)c(C)c2)SC1=Nc1ccc(C)cc1. The third-order valence-corrected chi connectivity index (χ3v) is 5.83. The molecule has 0 bridgehead atoms. The van der Waals surface area contributed by atoms with E-state index in [9.17, 15) is 4.79 Å². The predicted molar refractivity (Wildman–Crippen MR) is 118 cm³/mol. The molecule has 0 aliphatic carbocycles. The van der Waals surface area contributed by atoms with Gasteiger partial charge < -0.3 is 4.74 Å². The third-order valence-electron chi connectivity index (χ3n) is 4.84. The van der Waals surface area contributed by atoms with Crippen molar-refractivity contribution in [1.82, 2.24) is 4.90 Å². The molecular formula is C23H26N2O2S. The number of amidine groups is 1. The van der Waals surface area contributed by atoms with E-state index in [0.29, 0.717) is 4.91 Å². The lowest BCUT2D eigenvalue weighted by atomic mass is 10.1. The number of hydrogen-bond acceptors (Lipinski definition) is 4. The van der Waals surface area contributed by atoms with Crippen LogP contribution in [0.25, 0.3) is 6.08 Å². The average molecular weight is 395 g/mol. The van der Waals surface area contributed by atoms with Crippen LogP contribution in [0.5, 0.6) is 5.75 Å². The van der Waals surface area contributed by atoms with Crippen LogP contribution in [0.4, 0.5) is 5.69 Å². The Labute approximate surface area is 171 Å². The van der Waals surface area contributed by atoms with E-state index in [1.165, 1.54) is 17.3 Å². The highest BCUT2D eigenvalue weighted by Crippen LogP contribution is 2.36. The number of thioether (sulfide) groups is 1. The summed E-state index contributed by atoms with van der Waals surface area (Å²) in [6, 6.07) is 14.1. The second-order valence-corrected chi connectivity index (χ2v) is 8.01. The van der Waals surface area contributed by atoms with Crippen molar-refractivity contribution in [3.8, 4) is 5.75 Å². The number of rotatable bonds is 5. The molecule has 1 amide bonds. The molecule has 0 N–H and O–H groups in total. The van der Waals surface area contributed by atoms with Gasteiger partial charge in [-0.3, -0.25) is 9.69 Å². The van der Waals surface area contributed by atoms with Gasteiger partial charge in [-0.25, -0.2) is 4.99 Å². The fraction of sp³-hybridized carbons (Fsp3) is 0.304. The summed E-state index contributed by atoms with van der Waals surface area (Å²) in [6.45, 7) is 8.19. The Morgan fingerprint density at radius 2 is 1.89 bits per heavy atom. The Morgan fingerprint density at radius 3 is 2.50 bits per heavy atom. The van der Waals surface area contributed by atoms with Gasteiger partial charge in [0.2, 0.25) is 0 Å². The maximum atomic E-state index is 13.1. The first-order chi connectivity index (χ1) is 13.4. The average Bonchev–Trinajstić information content (AvgIpc) is 2.98. The number of aryl methyl sites for hydroxylation is 2. The van der Waals surface area contributed by atoms with Crippen LogP contribution in [-0.2, 0) is 4.79 Å². The summed E-state index contributed by atoms with van der Waals surface area (Å²) < 4.78 is 5.33. The van der Waals surface area contributed by atoms with Gasteiger partial charge in [-0.15, -0.1) is 0 Å². The summed E-state index contributed by atoms with van der Waals surface area (Å²) in [5, 5.41) is 0.736. The molecule has 2 aromatic carbocycles. The molecule has 0 saturated carbocycles. The van der Waals surface area contributed by atoms with Crippen molar-refractivity contribution in [3.63, 3.8) is 0 Å². The Morgan fingerprint density at radius 1 is 1.18 bits per heavy atom. The lowest BCUT2D eigenvalue weighted by Crippen LogP contribution is -2.36. The van der Waals surface area contributed by atoms with Crippen molar-refractivity contribution < 1.29 is 9.53 Å². The molecule has 0 aromatic heterocycles. The van der Waals surface area contributed by atoms with Crippen LogP contribution in [0.1, 0.15) is 37.0 Å². The fourth-order valence-electron chi connectivity index (χ4n) is 3.01. The lowest BCUT2D eigenvalue weighted by molar-refractivity contribution is -0.123. The van der Waals surface area contributed by atoms with Gasteiger partial charge in [0.15, 0.2) is 5.17 Å². The second-order valence-electron chi connectivity index (χ2n) is 7.00. The van der Waals surface area contributed by atoms with Crippen LogP contribution >= 0.6 is 11.8 Å². The molecule has 1 heterocycles. The van der Waals surface area contributed by atoms with Gasteiger partial charge in [-0.2, -0.15) is 0 Å². The number of carbonyl (C=O) groups is 1. The zero-order valence-electron chi connectivity index (χ0n) is 17.0. The Bertz CT molecular complexity index is 932. The minimum atomic E-state index is 0.0127. The molecule has 28 heavy (non-hydrogen) atoms. The number of benzene rings is 2. The van der Waals surface area contributed by atoms with Gasteiger partial charge in [-0.1, -0.05) is 30.7 Å². The standard InChI is InChI=1S/C23H26N2O2S/c1-6-17(4)25-22(26)21(14-18-9-12-20(27-5)16(3)13-18)28-23(25)24-19-10-7-15(2)8-11-19/h7-14,17H,6H2,1-5H3/b21-14+,24-23?/t17-/m1/s1. The van der Waals surface area contributed by atoms with E-state index in [-0.39, 0.29) is 11.9 Å².